The Kier molecular flexibility index (Phi) is 3.89. The second-order valence-corrected chi connectivity index (χ2v) is 4.30. The highest BCUT2D eigenvalue weighted by molar-refractivity contribution is 5.77. The van der Waals surface area contributed by atoms with Crippen LogP contribution in [0.15, 0.2) is 0 Å². The normalized spacial score (nSPS) is 28.9. The molecule has 0 aromatic carbocycles. The van der Waals surface area contributed by atoms with Gasteiger partial charge < -0.3 is 10.0 Å². The van der Waals surface area contributed by atoms with Gasteiger partial charge in [-0.05, 0) is 19.8 Å². The van der Waals surface area contributed by atoms with Crippen molar-refractivity contribution in [2.45, 2.75) is 31.9 Å². The number of piperidine rings is 1. The molecule has 4 nitrogen and oxygen atoms in total. The number of aliphatic hydroxyl groups is 1. The Morgan fingerprint density at radius 2 is 2.14 bits per heavy atom. The van der Waals surface area contributed by atoms with Gasteiger partial charge in [-0.15, -0.1) is 0 Å². The van der Waals surface area contributed by atoms with Crippen molar-refractivity contribution in [1.82, 2.24) is 9.80 Å². The third kappa shape index (κ3) is 2.96. The van der Waals surface area contributed by atoms with Crippen LogP contribution in [0.2, 0.25) is 0 Å². The number of β-amino-alcohol motifs (C(OH)–C–C–N with tert-alkyl or cyclic N) is 1. The molecule has 1 rings (SSSR count). The highest BCUT2D eigenvalue weighted by atomic mass is 16.3. The molecule has 0 aromatic heterocycles. The first-order chi connectivity index (χ1) is 6.50. The molecule has 0 aliphatic carbocycles. The van der Waals surface area contributed by atoms with E-state index in [1.165, 1.54) is 0 Å². The van der Waals surface area contributed by atoms with Crippen LogP contribution < -0.4 is 0 Å². The molecule has 0 spiro atoms. The summed E-state index contributed by atoms with van der Waals surface area (Å²) < 4.78 is 0. The number of hydrogen-bond donors (Lipinski definition) is 1. The molecule has 1 aliphatic rings. The molecule has 1 amide bonds. The molecule has 0 radical (unpaired) electrons. The first-order valence-corrected chi connectivity index (χ1v) is 5.13. The monoisotopic (exact) mass is 200 g/mol. The first kappa shape index (κ1) is 11.5. The molecule has 4 heteroatoms. The summed E-state index contributed by atoms with van der Waals surface area (Å²) >= 11 is 0. The number of carbonyl (C=O) groups excluding carboxylic acids is 1. The van der Waals surface area contributed by atoms with Crippen molar-refractivity contribution in [3.8, 4) is 0 Å². The highest BCUT2D eigenvalue weighted by Crippen LogP contribution is 2.16. The zero-order valence-corrected chi connectivity index (χ0v) is 9.23. The van der Waals surface area contributed by atoms with Crippen molar-refractivity contribution >= 4 is 5.91 Å². The van der Waals surface area contributed by atoms with Gasteiger partial charge >= 0.3 is 0 Å². The molecule has 2 unspecified atom stereocenters. The second-order valence-electron chi connectivity index (χ2n) is 4.30. The van der Waals surface area contributed by atoms with E-state index in [-0.39, 0.29) is 12.0 Å². The van der Waals surface area contributed by atoms with E-state index in [0.717, 1.165) is 12.8 Å². The van der Waals surface area contributed by atoms with Crippen LogP contribution in [0.3, 0.4) is 0 Å². The summed E-state index contributed by atoms with van der Waals surface area (Å²) in [7, 11) is 3.51. The summed E-state index contributed by atoms with van der Waals surface area (Å²) in [6, 6.07) is 0.405. The quantitative estimate of drug-likeness (QED) is 0.678. The van der Waals surface area contributed by atoms with Gasteiger partial charge in [-0.3, -0.25) is 9.69 Å². The van der Waals surface area contributed by atoms with Crippen molar-refractivity contribution < 1.29 is 9.90 Å². The lowest BCUT2D eigenvalue weighted by Gasteiger charge is -2.35. The fourth-order valence-corrected chi connectivity index (χ4v) is 1.69. The lowest BCUT2D eigenvalue weighted by atomic mass is 10.0. The van der Waals surface area contributed by atoms with Gasteiger partial charge in [0.25, 0.3) is 0 Å². The molecule has 1 aliphatic heterocycles. The summed E-state index contributed by atoms with van der Waals surface area (Å²) in [6.45, 7) is 3.15. The van der Waals surface area contributed by atoms with Crippen LogP contribution in [0.4, 0.5) is 0 Å². The Balaban J connectivity index is 2.45. The summed E-state index contributed by atoms with van der Waals surface area (Å²) in [5.41, 5.74) is 0. The zero-order chi connectivity index (χ0) is 10.7. The van der Waals surface area contributed by atoms with Gasteiger partial charge in [0.1, 0.15) is 0 Å². The Morgan fingerprint density at radius 3 is 2.71 bits per heavy atom. The second kappa shape index (κ2) is 4.75. The zero-order valence-electron chi connectivity index (χ0n) is 9.23. The van der Waals surface area contributed by atoms with E-state index in [9.17, 15) is 9.90 Å². The van der Waals surface area contributed by atoms with E-state index in [1.807, 2.05) is 0 Å². The number of nitrogens with zero attached hydrogens (tertiary/aromatic N) is 2. The van der Waals surface area contributed by atoms with Gasteiger partial charge in [0.2, 0.25) is 5.91 Å². The van der Waals surface area contributed by atoms with Crippen LogP contribution in [0.5, 0.6) is 0 Å². The van der Waals surface area contributed by atoms with Crippen molar-refractivity contribution in [3.05, 3.63) is 0 Å². The van der Waals surface area contributed by atoms with Crippen LogP contribution in [0.1, 0.15) is 19.8 Å². The van der Waals surface area contributed by atoms with Crippen molar-refractivity contribution in [2.24, 2.45) is 0 Å². The molecule has 1 heterocycles. The third-order valence-corrected chi connectivity index (χ3v) is 2.82. The predicted molar refractivity (Wildman–Crippen MR) is 55.0 cm³/mol. The van der Waals surface area contributed by atoms with Crippen LogP contribution in [-0.2, 0) is 4.79 Å². The molecule has 0 aromatic rings. The topological polar surface area (TPSA) is 43.8 Å². The maximum Gasteiger partial charge on any atom is 0.236 e. The van der Waals surface area contributed by atoms with E-state index in [4.69, 9.17) is 0 Å². The molecule has 0 saturated carbocycles. The predicted octanol–water partition coefficient (Wildman–Crippen LogP) is -0.0802. The van der Waals surface area contributed by atoms with E-state index in [0.29, 0.717) is 19.1 Å². The number of rotatable bonds is 2. The Labute approximate surface area is 85.5 Å². The summed E-state index contributed by atoms with van der Waals surface area (Å²) in [4.78, 5) is 15.1. The Bertz CT molecular complexity index is 206. The number of amides is 1. The van der Waals surface area contributed by atoms with E-state index >= 15 is 0 Å². The minimum absolute atomic E-state index is 0.103. The smallest absolute Gasteiger partial charge is 0.236 e. The van der Waals surface area contributed by atoms with E-state index in [1.54, 1.807) is 19.0 Å². The maximum absolute atomic E-state index is 11.5. The first-order valence-electron chi connectivity index (χ1n) is 5.13. The molecule has 1 N–H and O–H groups in total. The Morgan fingerprint density at radius 1 is 1.50 bits per heavy atom. The summed E-state index contributed by atoms with van der Waals surface area (Å²) in [6.07, 6.45) is 1.57. The third-order valence-electron chi connectivity index (χ3n) is 2.82. The van der Waals surface area contributed by atoms with E-state index < -0.39 is 0 Å². The molecule has 2 atom stereocenters. The van der Waals surface area contributed by atoms with Crippen molar-refractivity contribution in [2.75, 3.05) is 27.2 Å². The minimum atomic E-state index is -0.263. The lowest BCUT2D eigenvalue weighted by Crippen LogP contribution is -2.48. The number of carbonyl (C=O) groups is 1. The van der Waals surface area contributed by atoms with Crippen molar-refractivity contribution in [3.63, 3.8) is 0 Å². The van der Waals surface area contributed by atoms with Gasteiger partial charge in [-0.1, -0.05) is 0 Å². The van der Waals surface area contributed by atoms with Gasteiger partial charge in [-0.2, -0.15) is 0 Å². The fourth-order valence-electron chi connectivity index (χ4n) is 1.69. The van der Waals surface area contributed by atoms with E-state index in [2.05, 4.69) is 11.8 Å². The van der Waals surface area contributed by atoms with Gasteiger partial charge in [0, 0.05) is 26.7 Å². The van der Waals surface area contributed by atoms with Gasteiger partial charge in [-0.25, -0.2) is 0 Å². The largest absolute Gasteiger partial charge is 0.392 e. The minimum Gasteiger partial charge on any atom is -0.392 e. The van der Waals surface area contributed by atoms with Crippen LogP contribution in [-0.4, -0.2) is 60.1 Å². The SMILES string of the molecule is CC1CCC(O)CN1CC(=O)N(C)C. The molecule has 1 saturated heterocycles. The van der Waals surface area contributed by atoms with Crippen LogP contribution >= 0.6 is 0 Å². The lowest BCUT2D eigenvalue weighted by molar-refractivity contribution is -0.131. The number of likely N-dealkylation sites (N-methyl/N-ethyl adjacent to an activating group) is 1. The van der Waals surface area contributed by atoms with Gasteiger partial charge in [0.15, 0.2) is 0 Å². The summed E-state index contributed by atoms with van der Waals surface area (Å²) in [5.74, 6) is 0.103. The molecule has 1 fully saturated rings. The average Bonchev–Trinajstić information content (AvgIpc) is 2.11. The van der Waals surface area contributed by atoms with Gasteiger partial charge in [0.05, 0.1) is 12.6 Å². The standard InChI is InChI=1S/C10H20N2O2/c1-8-4-5-9(13)6-12(8)7-10(14)11(2)3/h8-9,13H,4-7H2,1-3H3. The Hall–Kier alpha value is -0.610. The highest BCUT2D eigenvalue weighted by Gasteiger charge is 2.25. The van der Waals surface area contributed by atoms with Crippen LogP contribution in [0, 0.1) is 0 Å². The van der Waals surface area contributed by atoms with Crippen LogP contribution in [0.25, 0.3) is 0 Å². The molecule has 0 bridgehead atoms. The van der Waals surface area contributed by atoms with Crippen molar-refractivity contribution in [1.29, 1.82) is 0 Å². The average molecular weight is 200 g/mol. The fraction of sp³-hybridized carbons (Fsp3) is 0.900. The number of likely N-dealkylation sites (tertiary alicyclic amines) is 1. The number of aliphatic hydroxyl groups excluding tert-OH is 1. The molecular formula is C10H20N2O2. The molecule has 14 heavy (non-hydrogen) atoms. The maximum atomic E-state index is 11.5. The molecular weight excluding hydrogens is 180 g/mol. The summed E-state index contributed by atoms with van der Waals surface area (Å²) in [5, 5.41) is 9.48. The number of hydrogen-bond acceptors (Lipinski definition) is 3. The molecule has 82 valence electrons.